The summed E-state index contributed by atoms with van der Waals surface area (Å²) in [6.07, 6.45) is 6.17. The number of nitrogens with zero attached hydrogens (tertiary/aromatic N) is 2. The summed E-state index contributed by atoms with van der Waals surface area (Å²) >= 11 is 0. The van der Waals surface area contributed by atoms with Gasteiger partial charge in [0.25, 0.3) is 10.0 Å². The number of benzene rings is 2. The zero-order chi connectivity index (χ0) is 20.3. The Morgan fingerprint density at radius 3 is 2.45 bits per heavy atom. The second-order valence-electron chi connectivity index (χ2n) is 6.81. The summed E-state index contributed by atoms with van der Waals surface area (Å²) in [5, 5.41) is 0. The molecule has 2 aromatic carbocycles. The zero-order valence-corrected chi connectivity index (χ0v) is 16.5. The number of Topliss-reactive ketones (excluding diaryl/α,β-unsaturated/α-hetero) is 1. The van der Waals surface area contributed by atoms with Gasteiger partial charge >= 0.3 is 0 Å². The third-order valence-electron chi connectivity index (χ3n) is 4.86. The number of pyridine rings is 1. The summed E-state index contributed by atoms with van der Waals surface area (Å²) < 4.78 is 27.9. The van der Waals surface area contributed by atoms with Gasteiger partial charge in [-0.1, -0.05) is 48.5 Å². The van der Waals surface area contributed by atoms with Crippen molar-refractivity contribution < 1.29 is 13.2 Å². The molecule has 0 bridgehead atoms. The van der Waals surface area contributed by atoms with Crippen LogP contribution in [-0.2, 0) is 16.4 Å². The largest absolute Gasteiger partial charge is 0.287 e. The highest BCUT2D eigenvalue weighted by molar-refractivity contribution is 7.89. The van der Waals surface area contributed by atoms with Crippen LogP contribution in [0.1, 0.15) is 27.9 Å². The van der Waals surface area contributed by atoms with E-state index >= 15 is 0 Å². The fraction of sp³-hybridized carbons (Fsp3) is 0.130. The molecular formula is C23H20N2O3S. The van der Waals surface area contributed by atoms with E-state index in [1.54, 1.807) is 48.8 Å². The van der Waals surface area contributed by atoms with Crippen LogP contribution in [0.5, 0.6) is 0 Å². The molecule has 0 amide bonds. The minimum absolute atomic E-state index is 0.0630. The topological polar surface area (TPSA) is 67.3 Å². The van der Waals surface area contributed by atoms with Gasteiger partial charge in [0.1, 0.15) is 5.70 Å². The van der Waals surface area contributed by atoms with Crippen LogP contribution in [0.25, 0.3) is 6.08 Å². The highest BCUT2D eigenvalue weighted by Gasteiger charge is 2.38. The molecule has 0 unspecified atom stereocenters. The van der Waals surface area contributed by atoms with E-state index < -0.39 is 10.0 Å². The van der Waals surface area contributed by atoms with Crippen molar-refractivity contribution in [3.8, 4) is 0 Å². The second-order valence-corrected chi connectivity index (χ2v) is 8.64. The summed E-state index contributed by atoms with van der Waals surface area (Å²) in [4.78, 5) is 17.3. The van der Waals surface area contributed by atoms with Crippen molar-refractivity contribution >= 4 is 21.9 Å². The van der Waals surface area contributed by atoms with E-state index in [9.17, 15) is 13.2 Å². The molecule has 0 N–H and O–H groups in total. The Bertz CT molecular complexity index is 1160. The summed E-state index contributed by atoms with van der Waals surface area (Å²) in [5.74, 6) is -0.293. The highest BCUT2D eigenvalue weighted by Crippen LogP contribution is 2.33. The number of carbonyl (C=O) groups is 1. The lowest BCUT2D eigenvalue weighted by Crippen LogP contribution is -2.39. The van der Waals surface area contributed by atoms with E-state index in [0.717, 1.165) is 12.0 Å². The fourth-order valence-electron chi connectivity index (χ4n) is 3.45. The smallest absolute Gasteiger partial charge is 0.265 e. The van der Waals surface area contributed by atoms with Crippen LogP contribution in [0.4, 0.5) is 0 Å². The Hall–Kier alpha value is -3.25. The van der Waals surface area contributed by atoms with Crippen LogP contribution >= 0.6 is 0 Å². The van der Waals surface area contributed by atoms with Crippen LogP contribution in [0.15, 0.2) is 89.7 Å². The SMILES string of the molecule is O=C1/C(=C\c2cccnc2)N(CCCc2ccccc2)S(=O)(=O)c2ccccc21. The van der Waals surface area contributed by atoms with Crippen LogP contribution in [0.3, 0.4) is 0 Å². The number of hydrogen-bond donors (Lipinski definition) is 0. The number of sulfonamides is 1. The van der Waals surface area contributed by atoms with Crippen molar-refractivity contribution in [3.63, 3.8) is 0 Å². The summed E-state index contributed by atoms with van der Waals surface area (Å²) in [6.45, 7) is 0.226. The highest BCUT2D eigenvalue weighted by atomic mass is 32.2. The molecule has 2 heterocycles. The lowest BCUT2D eigenvalue weighted by atomic mass is 10.1. The molecule has 4 rings (SSSR count). The molecule has 0 radical (unpaired) electrons. The molecule has 3 aromatic rings. The number of fused-ring (bicyclic) bond motifs is 1. The number of allylic oxidation sites excluding steroid dienone is 1. The first-order valence-electron chi connectivity index (χ1n) is 9.39. The molecule has 0 saturated carbocycles. The Balaban J connectivity index is 1.72. The molecule has 29 heavy (non-hydrogen) atoms. The van der Waals surface area contributed by atoms with Gasteiger partial charge in [0.05, 0.1) is 4.90 Å². The van der Waals surface area contributed by atoms with Crippen LogP contribution in [-0.4, -0.2) is 30.0 Å². The molecule has 0 saturated heterocycles. The molecule has 1 aliphatic heterocycles. The second kappa shape index (κ2) is 8.01. The average Bonchev–Trinajstić information content (AvgIpc) is 2.75. The quantitative estimate of drug-likeness (QED) is 0.604. The number of rotatable bonds is 5. The third kappa shape index (κ3) is 3.84. The first kappa shape index (κ1) is 19.1. The van der Waals surface area contributed by atoms with E-state index in [-0.39, 0.29) is 28.5 Å². The van der Waals surface area contributed by atoms with Gasteiger partial charge in [-0.25, -0.2) is 8.42 Å². The monoisotopic (exact) mass is 404 g/mol. The lowest BCUT2D eigenvalue weighted by Gasteiger charge is -2.31. The van der Waals surface area contributed by atoms with Gasteiger partial charge in [-0.05, 0) is 48.2 Å². The molecular weight excluding hydrogens is 384 g/mol. The van der Waals surface area contributed by atoms with Gasteiger partial charge in [0.15, 0.2) is 0 Å². The Labute approximate surface area is 170 Å². The van der Waals surface area contributed by atoms with Crippen LogP contribution < -0.4 is 0 Å². The van der Waals surface area contributed by atoms with Gasteiger partial charge in [-0.3, -0.25) is 14.1 Å². The number of aromatic nitrogens is 1. The molecule has 6 heteroatoms. The van der Waals surface area contributed by atoms with E-state index in [2.05, 4.69) is 4.98 Å². The maximum Gasteiger partial charge on any atom is 0.265 e. The van der Waals surface area contributed by atoms with Gasteiger partial charge in [0, 0.05) is 24.5 Å². The Morgan fingerprint density at radius 2 is 1.69 bits per heavy atom. The summed E-state index contributed by atoms with van der Waals surface area (Å²) in [6, 6.07) is 19.8. The molecule has 1 aliphatic rings. The van der Waals surface area contributed by atoms with Gasteiger partial charge in [-0.2, -0.15) is 0 Å². The molecule has 0 spiro atoms. The minimum Gasteiger partial charge on any atom is -0.287 e. The minimum atomic E-state index is -3.82. The predicted molar refractivity (Wildman–Crippen MR) is 112 cm³/mol. The summed E-state index contributed by atoms with van der Waals surface area (Å²) in [5.41, 5.74) is 2.18. The van der Waals surface area contributed by atoms with Gasteiger partial charge in [-0.15, -0.1) is 0 Å². The van der Waals surface area contributed by atoms with E-state index in [0.29, 0.717) is 12.0 Å². The third-order valence-corrected chi connectivity index (χ3v) is 6.73. The van der Waals surface area contributed by atoms with Gasteiger partial charge < -0.3 is 0 Å². The molecule has 1 aromatic heterocycles. The van der Waals surface area contributed by atoms with Crippen molar-refractivity contribution in [3.05, 3.63) is 102 Å². The Morgan fingerprint density at radius 1 is 0.931 bits per heavy atom. The number of aryl methyl sites for hydroxylation is 1. The number of ketones is 1. The predicted octanol–water partition coefficient (Wildman–Crippen LogP) is 3.94. The maximum atomic E-state index is 13.3. The zero-order valence-electron chi connectivity index (χ0n) is 15.7. The number of hydrogen-bond acceptors (Lipinski definition) is 4. The standard InChI is InChI=1S/C23H20N2O3S/c26-23-20-12-4-5-13-22(20)29(27,28)25(15-7-11-18-8-2-1-3-9-18)21(23)16-19-10-6-14-24-17-19/h1-6,8-10,12-14,16-17H,7,11,15H2/b21-16+. The molecule has 146 valence electrons. The molecule has 0 atom stereocenters. The van der Waals surface area contributed by atoms with Crippen molar-refractivity contribution in [2.24, 2.45) is 0 Å². The molecule has 5 nitrogen and oxygen atoms in total. The van der Waals surface area contributed by atoms with E-state index in [1.165, 1.54) is 10.4 Å². The van der Waals surface area contributed by atoms with E-state index in [1.807, 2.05) is 30.3 Å². The lowest BCUT2D eigenvalue weighted by molar-refractivity contribution is 0.100. The van der Waals surface area contributed by atoms with Crippen molar-refractivity contribution in [2.45, 2.75) is 17.7 Å². The first-order chi connectivity index (χ1) is 14.1. The Kier molecular flexibility index (Phi) is 5.27. The van der Waals surface area contributed by atoms with Crippen LogP contribution in [0.2, 0.25) is 0 Å². The van der Waals surface area contributed by atoms with Crippen molar-refractivity contribution in [1.29, 1.82) is 0 Å². The van der Waals surface area contributed by atoms with Gasteiger partial charge in [0.2, 0.25) is 5.78 Å². The van der Waals surface area contributed by atoms with Crippen molar-refractivity contribution in [2.75, 3.05) is 6.54 Å². The number of carbonyl (C=O) groups excluding carboxylic acids is 1. The maximum absolute atomic E-state index is 13.3. The fourth-order valence-corrected chi connectivity index (χ4v) is 5.14. The van der Waals surface area contributed by atoms with E-state index in [4.69, 9.17) is 0 Å². The average molecular weight is 404 g/mol. The normalized spacial score (nSPS) is 16.6. The van der Waals surface area contributed by atoms with Crippen molar-refractivity contribution in [1.82, 2.24) is 9.29 Å². The molecule has 0 aliphatic carbocycles. The first-order valence-corrected chi connectivity index (χ1v) is 10.8. The summed E-state index contributed by atoms with van der Waals surface area (Å²) in [7, 11) is -3.82. The molecule has 0 fully saturated rings. The van der Waals surface area contributed by atoms with Crippen LogP contribution in [0, 0.1) is 0 Å².